The van der Waals surface area contributed by atoms with E-state index in [4.69, 9.17) is 0 Å². The zero-order valence-electron chi connectivity index (χ0n) is 14.2. The number of aryl methyl sites for hydroxylation is 2. The molecule has 3 aromatic rings. The van der Waals surface area contributed by atoms with Crippen LogP contribution in [0.25, 0.3) is 5.82 Å². The second kappa shape index (κ2) is 7.57. The lowest BCUT2D eigenvalue weighted by Gasteiger charge is -2.08. The van der Waals surface area contributed by atoms with Crippen LogP contribution in [0.15, 0.2) is 48.8 Å². The smallest absolute Gasteiger partial charge is 0.320 e. The minimum absolute atomic E-state index is 0.297. The molecule has 2 N–H and O–H groups in total. The van der Waals surface area contributed by atoms with E-state index in [-0.39, 0.29) is 6.03 Å². The first-order valence-corrected chi connectivity index (χ1v) is 8.06. The Morgan fingerprint density at radius 1 is 1.12 bits per heavy atom. The predicted octanol–water partition coefficient (Wildman–Crippen LogP) is 2.64. The Labute approximate surface area is 146 Å². The van der Waals surface area contributed by atoms with E-state index in [1.54, 1.807) is 10.7 Å². The Kier molecular flexibility index (Phi) is 5.03. The van der Waals surface area contributed by atoms with Crippen LogP contribution in [0, 0.1) is 13.8 Å². The minimum Gasteiger partial charge on any atom is -0.337 e. The first-order chi connectivity index (χ1) is 12.1. The molecule has 2 amide bonds. The van der Waals surface area contributed by atoms with Crippen LogP contribution in [0.4, 0.5) is 10.6 Å². The highest BCUT2D eigenvalue weighted by atomic mass is 16.2. The van der Waals surface area contributed by atoms with Gasteiger partial charge in [0.25, 0.3) is 0 Å². The molecular formula is C18H20N6O. The largest absolute Gasteiger partial charge is 0.337 e. The Bertz CT molecular complexity index is 859. The molecule has 0 bridgehead atoms. The first-order valence-electron chi connectivity index (χ1n) is 8.06. The second-order valence-electron chi connectivity index (χ2n) is 5.72. The summed E-state index contributed by atoms with van der Waals surface area (Å²) in [5.74, 6) is 1.04. The molecule has 2 heterocycles. The van der Waals surface area contributed by atoms with Crippen molar-refractivity contribution < 1.29 is 4.79 Å². The van der Waals surface area contributed by atoms with Crippen molar-refractivity contribution in [2.24, 2.45) is 0 Å². The molecule has 0 saturated heterocycles. The average molecular weight is 336 g/mol. The number of hydrogen-bond acceptors (Lipinski definition) is 4. The van der Waals surface area contributed by atoms with Crippen LogP contribution in [0.3, 0.4) is 0 Å². The van der Waals surface area contributed by atoms with Crippen LogP contribution >= 0.6 is 0 Å². The molecule has 0 spiro atoms. The molecule has 0 atom stereocenters. The van der Waals surface area contributed by atoms with E-state index in [1.807, 2.05) is 50.2 Å². The van der Waals surface area contributed by atoms with Gasteiger partial charge in [0.1, 0.15) is 12.1 Å². The highest BCUT2D eigenvalue weighted by molar-refractivity contribution is 5.88. The number of nitrogens with one attached hydrogen (secondary N) is 2. The van der Waals surface area contributed by atoms with E-state index in [0.717, 1.165) is 17.8 Å². The maximum atomic E-state index is 12.0. The van der Waals surface area contributed by atoms with Crippen molar-refractivity contribution in [1.29, 1.82) is 0 Å². The van der Waals surface area contributed by atoms with Crippen molar-refractivity contribution in [2.75, 3.05) is 11.9 Å². The summed E-state index contributed by atoms with van der Waals surface area (Å²) in [4.78, 5) is 20.3. The maximum Gasteiger partial charge on any atom is 0.320 e. The summed E-state index contributed by atoms with van der Waals surface area (Å²) >= 11 is 0. The fourth-order valence-electron chi connectivity index (χ4n) is 2.52. The molecule has 0 fully saturated rings. The number of carbonyl (C=O) groups is 1. The monoisotopic (exact) mass is 336 g/mol. The third kappa shape index (κ3) is 4.41. The molecule has 7 heteroatoms. The van der Waals surface area contributed by atoms with E-state index in [2.05, 4.69) is 25.7 Å². The Morgan fingerprint density at radius 3 is 2.64 bits per heavy atom. The second-order valence-corrected chi connectivity index (χ2v) is 5.72. The summed E-state index contributed by atoms with van der Waals surface area (Å²) in [5.41, 5.74) is 3.05. The number of urea groups is 1. The van der Waals surface area contributed by atoms with Gasteiger partial charge in [0, 0.05) is 18.3 Å². The molecule has 2 aromatic heterocycles. The maximum absolute atomic E-state index is 12.0. The van der Waals surface area contributed by atoms with Gasteiger partial charge in [-0.2, -0.15) is 5.10 Å². The van der Waals surface area contributed by atoms with E-state index in [9.17, 15) is 4.79 Å². The van der Waals surface area contributed by atoms with E-state index in [0.29, 0.717) is 18.2 Å². The van der Waals surface area contributed by atoms with Crippen LogP contribution < -0.4 is 10.6 Å². The van der Waals surface area contributed by atoms with Crippen molar-refractivity contribution in [3.05, 3.63) is 65.7 Å². The zero-order valence-corrected chi connectivity index (χ0v) is 14.2. The van der Waals surface area contributed by atoms with Crippen molar-refractivity contribution in [2.45, 2.75) is 20.3 Å². The lowest BCUT2D eigenvalue weighted by atomic mass is 10.1. The molecule has 128 valence electrons. The van der Waals surface area contributed by atoms with Crippen molar-refractivity contribution >= 4 is 11.8 Å². The highest BCUT2D eigenvalue weighted by Crippen LogP contribution is 2.12. The van der Waals surface area contributed by atoms with Gasteiger partial charge in [-0.1, -0.05) is 30.3 Å². The van der Waals surface area contributed by atoms with Gasteiger partial charge in [0.05, 0.1) is 5.69 Å². The highest BCUT2D eigenvalue weighted by Gasteiger charge is 2.08. The molecule has 0 saturated carbocycles. The third-order valence-electron chi connectivity index (χ3n) is 3.66. The molecule has 25 heavy (non-hydrogen) atoms. The minimum atomic E-state index is -0.297. The van der Waals surface area contributed by atoms with Crippen LogP contribution in [-0.2, 0) is 6.42 Å². The van der Waals surface area contributed by atoms with Gasteiger partial charge >= 0.3 is 6.03 Å². The number of benzene rings is 1. The van der Waals surface area contributed by atoms with Gasteiger partial charge < -0.3 is 5.32 Å². The third-order valence-corrected chi connectivity index (χ3v) is 3.66. The van der Waals surface area contributed by atoms with Gasteiger partial charge in [0.2, 0.25) is 0 Å². The van der Waals surface area contributed by atoms with Crippen LogP contribution in [0.1, 0.15) is 17.0 Å². The van der Waals surface area contributed by atoms with Crippen molar-refractivity contribution in [1.82, 2.24) is 25.1 Å². The number of hydrogen-bond donors (Lipinski definition) is 2. The molecule has 3 rings (SSSR count). The number of carbonyl (C=O) groups excluding carboxylic acids is 1. The first kappa shape index (κ1) is 16.6. The number of amides is 2. The van der Waals surface area contributed by atoms with Crippen LogP contribution in [0.2, 0.25) is 0 Å². The van der Waals surface area contributed by atoms with Crippen molar-refractivity contribution in [3.63, 3.8) is 0 Å². The number of aromatic nitrogens is 4. The van der Waals surface area contributed by atoms with E-state index < -0.39 is 0 Å². The molecule has 7 nitrogen and oxygen atoms in total. The predicted molar refractivity (Wildman–Crippen MR) is 95.8 cm³/mol. The van der Waals surface area contributed by atoms with Gasteiger partial charge in [-0.3, -0.25) is 5.32 Å². The quantitative estimate of drug-likeness (QED) is 0.750. The van der Waals surface area contributed by atoms with Gasteiger partial charge in [0.15, 0.2) is 5.82 Å². The summed E-state index contributed by atoms with van der Waals surface area (Å²) in [6.45, 7) is 4.42. The summed E-state index contributed by atoms with van der Waals surface area (Å²) in [6, 6.07) is 13.4. The van der Waals surface area contributed by atoms with Gasteiger partial charge in [-0.25, -0.2) is 19.4 Å². The van der Waals surface area contributed by atoms with E-state index >= 15 is 0 Å². The van der Waals surface area contributed by atoms with Crippen LogP contribution in [0.5, 0.6) is 0 Å². The lowest BCUT2D eigenvalue weighted by Crippen LogP contribution is -2.30. The normalized spacial score (nSPS) is 10.5. The van der Waals surface area contributed by atoms with Gasteiger partial charge in [-0.05, 0) is 31.9 Å². The molecule has 1 aromatic carbocycles. The summed E-state index contributed by atoms with van der Waals surface area (Å²) in [5, 5.41) is 9.93. The molecule has 0 radical (unpaired) electrons. The average Bonchev–Trinajstić information content (AvgIpc) is 2.94. The fraction of sp³-hybridized carbons (Fsp3) is 0.222. The van der Waals surface area contributed by atoms with Gasteiger partial charge in [-0.15, -0.1) is 0 Å². The number of anilines is 1. The standard InChI is InChI=1S/C18H20N6O/c1-13-10-14(2)24(23-13)17-11-16(20-12-21-17)22-18(25)19-9-8-15-6-4-3-5-7-15/h3-7,10-12H,8-9H2,1-2H3,(H2,19,20,21,22,25). The SMILES string of the molecule is Cc1cc(C)n(-c2cc(NC(=O)NCCc3ccccc3)ncn2)n1. The summed E-state index contributed by atoms with van der Waals surface area (Å²) < 4.78 is 1.72. The van der Waals surface area contributed by atoms with Crippen molar-refractivity contribution in [3.8, 4) is 5.82 Å². The Hall–Kier alpha value is -3.22. The van der Waals surface area contributed by atoms with Crippen LogP contribution in [-0.4, -0.2) is 32.3 Å². The van der Waals surface area contributed by atoms with E-state index in [1.165, 1.54) is 11.9 Å². The Morgan fingerprint density at radius 2 is 1.92 bits per heavy atom. The molecule has 0 aliphatic rings. The molecule has 0 unspecified atom stereocenters. The zero-order chi connectivity index (χ0) is 17.6. The summed E-state index contributed by atoms with van der Waals surface area (Å²) in [6.07, 6.45) is 2.18. The summed E-state index contributed by atoms with van der Waals surface area (Å²) in [7, 11) is 0. The lowest BCUT2D eigenvalue weighted by molar-refractivity contribution is 0.252. The molecule has 0 aliphatic heterocycles. The Balaban J connectivity index is 1.58. The topological polar surface area (TPSA) is 84.7 Å². The number of nitrogens with zero attached hydrogens (tertiary/aromatic N) is 4. The number of rotatable bonds is 5. The fourth-order valence-corrected chi connectivity index (χ4v) is 2.52. The molecule has 0 aliphatic carbocycles. The molecular weight excluding hydrogens is 316 g/mol.